The van der Waals surface area contributed by atoms with Crippen LogP contribution in [0.2, 0.25) is 0 Å². The van der Waals surface area contributed by atoms with Gasteiger partial charge in [0.1, 0.15) is 22.9 Å². The van der Waals surface area contributed by atoms with Gasteiger partial charge in [-0.3, -0.25) is 0 Å². The van der Waals surface area contributed by atoms with Crippen LogP contribution in [0, 0.1) is 11.6 Å². The number of fused-ring (bicyclic) bond motifs is 3. The zero-order valence-electron chi connectivity index (χ0n) is 20.5. The van der Waals surface area contributed by atoms with Gasteiger partial charge in [0.25, 0.3) is 0 Å². The highest BCUT2D eigenvalue weighted by atomic mass is 19.1. The van der Waals surface area contributed by atoms with Crippen molar-refractivity contribution in [1.82, 2.24) is 29.8 Å². The molecule has 3 aromatic heterocycles. The van der Waals surface area contributed by atoms with E-state index in [0.29, 0.717) is 28.5 Å². The SMILES string of the molecule is C[C@H]1CN(c2ccc(Nc3ncc(F)c(-c4cc(F)c5nc6n(c5c4)C(C)(C)CC6)n3)nc2)CCN1. The highest BCUT2D eigenvalue weighted by Crippen LogP contribution is 2.38. The Kier molecular flexibility index (Phi) is 5.36. The molecule has 0 unspecified atom stereocenters. The maximum absolute atomic E-state index is 15.1. The molecule has 2 N–H and O–H groups in total. The molecular formula is C26H28F2N8. The molecule has 4 aromatic rings. The molecule has 0 bridgehead atoms. The number of halogens is 2. The largest absolute Gasteiger partial charge is 0.367 e. The molecule has 0 aliphatic carbocycles. The second kappa shape index (κ2) is 8.48. The second-order valence-corrected chi connectivity index (χ2v) is 10.2. The molecule has 6 rings (SSSR count). The molecule has 1 atom stereocenters. The van der Waals surface area contributed by atoms with Gasteiger partial charge < -0.3 is 20.1 Å². The molecule has 36 heavy (non-hydrogen) atoms. The summed E-state index contributed by atoms with van der Waals surface area (Å²) in [7, 11) is 0. The van der Waals surface area contributed by atoms with E-state index < -0.39 is 11.6 Å². The summed E-state index contributed by atoms with van der Waals surface area (Å²) in [6.07, 6.45) is 4.60. The van der Waals surface area contributed by atoms with E-state index >= 15 is 4.39 Å². The lowest BCUT2D eigenvalue weighted by Gasteiger charge is -2.33. The van der Waals surface area contributed by atoms with Gasteiger partial charge in [-0.05, 0) is 51.5 Å². The van der Waals surface area contributed by atoms with Crippen LogP contribution in [0.3, 0.4) is 0 Å². The summed E-state index contributed by atoms with van der Waals surface area (Å²) >= 11 is 0. The number of pyridine rings is 1. The van der Waals surface area contributed by atoms with E-state index in [4.69, 9.17) is 0 Å². The third-order valence-corrected chi connectivity index (χ3v) is 7.09. The predicted molar refractivity (Wildman–Crippen MR) is 136 cm³/mol. The number of hydrogen-bond acceptors (Lipinski definition) is 7. The van der Waals surface area contributed by atoms with Crippen LogP contribution in [0.4, 0.5) is 26.2 Å². The molecule has 186 valence electrons. The average Bonchev–Trinajstić information content (AvgIpc) is 3.38. The van der Waals surface area contributed by atoms with Crippen molar-refractivity contribution in [3.63, 3.8) is 0 Å². The van der Waals surface area contributed by atoms with Crippen molar-refractivity contribution in [2.75, 3.05) is 29.9 Å². The zero-order chi connectivity index (χ0) is 25.0. The minimum Gasteiger partial charge on any atom is -0.367 e. The maximum Gasteiger partial charge on any atom is 0.229 e. The molecule has 0 radical (unpaired) electrons. The monoisotopic (exact) mass is 490 g/mol. The summed E-state index contributed by atoms with van der Waals surface area (Å²) in [5.41, 5.74) is 2.16. The molecule has 5 heterocycles. The number of aryl methyl sites for hydroxylation is 1. The van der Waals surface area contributed by atoms with Crippen LogP contribution < -0.4 is 15.5 Å². The number of nitrogens with one attached hydrogen (secondary N) is 2. The Morgan fingerprint density at radius 2 is 1.94 bits per heavy atom. The van der Waals surface area contributed by atoms with E-state index in [1.807, 2.05) is 12.1 Å². The quantitative estimate of drug-likeness (QED) is 0.439. The molecule has 2 aliphatic heterocycles. The van der Waals surface area contributed by atoms with Crippen molar-refractivity contribution in [3.8, 4) is 11.3 Å². The van der Waals surface area contributed by atoms with Crippen molar-refractivity contribution < 1.29 is 8.78 Å². The van der Waals surface area contributed by atoms with Crippen LogP contribution >= 0.6 is 0 Å². The van der Waals surface area contributed by atoms with Crippen LogP contribution in [0.15, 0.2) is 36.7 Å². The van der Waals surface area contributed by atoms with Gasteiger partial charge >= 0.3 is 0 Å². The van der Waals surface area contributed by atoms with E-state index in [2.05, 4.69) is 60.8 Å². The molecule has 8 nitrogen and oxygen atoms in total. The minimum atomic E-state index is -0.629. The lowest BCUT2D eigenvalue weighted by molar-refractivity contribution is 0.386. The fourth-order valence-corrected chi connectivity index (χ4v) is 5.25. The topological polar surface area (TPSA) is 83.8 Å². The minimum absolute atomic E-state index is 0.0195. The summed E-state index contributed by atoms with van der Waals surface area (Å²) in [5, 5.41) is 6.47. The summed E-state index contributed by atoms with van der Waals surface area (Å²) in [5.74, 6) is 0.447. The molecule has 10 heteroatoms. The first-order chi connectivity index (χ1) is 17.3. The van der Waals surface area contributed by atoms with Crippen LogP contribution in [0.5, 0.6) is 0 Å². The molecule has 1 saturated heterocycles. The van der Waals surface area contributed by atoms with Gasteiger partial charge in [-0.15, -0.1) is 0 Å². The van der Waals surface area contributed by atoms with Crippen molar-refractivity contribution in [1.29, 1.82) is 0 Å². The third kappa shape index (κ3) is 3.95. The van der Waals surface area contributed by atoms with Gasteiger partial charge in [-0.2, -0.15) is 0 Å². The Hall–Kier alpha value is -3.66. The smallest absolute Gasteiger partial charge is 0.229 e. The lowest BCUT2D eigenvalue weighted by Crippen LogP contribution is -2.49. The Labute approximate surface area is 207 Å². The second-order valence-electron chi connectivity index (χ2n) is 10.2. The maximum atomic E-state index is 15.1. The highest BCUT2D eigenvalue weighted by molar-refractivity contribution is 5.83. The predicted octanol–water partition coefficient (Wildman–Crippen LogP) is 4.39. The molecule has 0 saturated carbocycles. The summed E-state index contributed by atoms with van der Waals surface area (Å²) in [6, 6.07) is 7.30. The van der Waals surface area contributed by atoms with Gasteiger partial charge in [0.15, 0.2) is 11.6 Å². The molecular weight excluding hydrogens is 462 g/mol. The Morgan fingerprint density at radius 3 is 2.72 bits per heavy atom. The number of piperazine rings is 1. The van der Waals surface area contributed by atoms with Crippen molar-refractivity contribution in [2.24, 2.45) is 0 Å². The molecule has 1 aromatic carbocycles. The summed E-state index contributed by atoms with van der Waals surface area (Å²) in [6.45, 7) is 9.12. The van der Waals surface area contributed by atoms with Crippen molar-refractivity contribution in [3.05, 3.63) is 54.1 Å². The third-order valence-electron chi connectivity index (χ3n) is 7.09. The Bertz CT molecular complexity index is 1450. The van der Waals surface area contributed by atoms with Gasteiger partial charge in [0.2, 0.25) is 5.95 Å². The average molecular weight is 491 g/mol. The molecule has 0 amide bonds. The van der Waals surface area contributed by atoms with Gasteiger partial charge in [0.05, 0.1) is 23.6 Å². The highest BCUT2D eigenvalue weighted by Gasteiger charge is 2.33. The van der Waals surface area contributed by atoms with Crippen LogP contribution in [-0.2, 0) is 12.0 Å². The fourth-order valence-electron chi connectivity index (χ4n) is 5.25. The number of hydrogen-bond donors (Lipinski definition) is 2. The first-order valence-corrected chi connectivity index (χ1v) is 12.2. The number of rotatable bonds is 4. The van der Waals surface area contributed by atoms with E-state index in [1.165, 1.54) is 6.07 Å². The van der Waals surface area contributed by atoms with Gasteiger partial charge in [0, 0.05) is 43.2 Å². The first kappa shape index (κ1) is 22.8. The Balaban J connectivity index is 1.30. The molecule has 1 fully saturated rings. The fraction of sp³-hybridized carbons (Fsp3) is 0.385. The number of anilines is 3. The molecule has 2 aliphatic rings. The van der Waals surface area contributed by atoms with E-state index in [-0.39, 0.29) is 17.2 Å². The normalized spacial score (nSPS) is 19.0. The lowest BCUT2D eigenvalue weighted by atomic mass is 10.0. The Morgan fingerprint density at radius 1 is 1.08 bits per heavy atom. The van der Waals surface area contributed by atoms with Gasteiger partial charge in [-0.1, -0.05) is 0 Å². The van der Waals surface area contributed by atoms with Gasteiger partial charge in [-0.25, -0.2) is 28.7 Å². The van der Waals surface area contributed by atoms with Crippen LogP contribution in [0.25, 0.3) is 22.3 Å². The standard InChI is InChI=1S/C26H28F2N8/c1-15-14-35(9-8-29-15)17-4-5-21(30-12-17)32-25-31-13-19(28)23(34-25)16-10-18(27)24-20(11-16)36-22(33-24)6-7-26(36,2)3/h4-5,10-13,15,29H,6-9,14H2,1-3H3,(H,30,31,32,34)/t15-/m0/s1. The van der Waals surface area contributed by atoms with Crippen LogP contribution in [-0.4, -0.2) is 50.2 Å². The first-order valence-electron chi connectivity index (χ1n) is 12.2. The number of imidazole rings is 1. The number of nitrogens with zero attached hydrogens (tertiary/aromatic N) is 6. The summed E-state index contributed by atoms with van der Waals surface area (Å²) < 4.78 is 32.0. The van der Waals surface area contributed by atoms with Crippen molar-refractivity contribution >= 4 is 28.5 Å². The molecule has 0 spiro atoms. The van der Waals surface area contributed by atoms with E-state index in [0.717, 1.165) is 50.2 Å². The van der Waals surface area contributed by atoms with E-state index in [1.54, 1.807) is 12.3 Å². The zero-order valence-corrected chi connectivity index (χ0v) is 20.5. The van der Waals surface area contributed by atoms with E-state index in [9.17, 15) is 4.39 Å². The number of benzene rings is 1. The van der Waals surface area contributed by atoms with Crippen LogP contribution in [0.1, 0.15) is 33.0 Å². The van der Waals surface area contributed by atoms with Crippen molar-refractivity contribution in [2.45, 2.75) is 45.2 Å². The summed E-state index contributed by atoms with van der Waals surface area (Å²) in [4.78, 5) is 19.7. The number of aromatic nitrogens is 5.